The Balaban J connectivity index is 1.63. The van der Waals surface area contributed by atoms with Gasteiger partial charge in [0.25, 0.3) is 0 Å². The van der Waals surface area contributed by atoms with Gasteiger partial charge in [-0.15, -0.1) is 0 Å². The van der Waals surface area contributed by atoms with Gasteiger partial charge in [0.1, 0.15) is 5.75 Å². The van der Waals surface area contributed by atoms with E-state index in [1.807, 2.05) is 18.2 Å². The van der Waals surface area contributed by atoms with Crippen molar-refractivity contribution in [2.24, 2.45) is 5.92 Å². The van der Waals surface area contributed by atoms with Crippen molar-refractivity contribution in [3.8, 4) is 5.75 Å². The number of carbonyl (C=O) groups excluding carboxylic acids is 1. The highest BCUT2D eigenvalue weighted by Crippen LogP contribution is 2.22. The summed E-state index contributed by atoms with van der Waals surface area (Å²) in [6.07, 6.45) is 0.795. The Bertz CT molecular complexity index is 927. The lowest BCUT2D eigenvalue weighted by molar-refractivity contribution is -0.135. The van der Waals surface area contributed by atoms with Gasteiger partial charge in [-0.3, -0.25) is 9.52 Å². The van der Waals surface area contributed by atoms with E-state index in [1.165, 1.54) is 12.7 Å². The number of hydrogen-bond donors (Lipinski definition) is 1. The first-order valence-corrected chi connectivity index (χ1v) is 10.5. The highest BCUT2D eigenvalue weighted by atomic mass is 32.2. The number of sulfonamides is 1. The fourth-order valence-corrected chi connectivity index (χ4v) is 4.67. The number of ether oxygens (including phenoxy) is 1. The van der Waals surface area contributed by atoms with Gasteiger partial charge in [0.2, 0.25) is 15.9 Å². The largest absolute Gasteiger partial charge is 0.497 e. The zero-order chi connectivity index (χ0) is 19.4. The van der Waals surface area contributed by atoms with Gasteiger partial charge in [-0.05, 0) is 29.7 Å². The van der Waals surface area contributed by atoms with Crippen molar-refractivity contribution in [3.63, 3.8) is 0 Å². The number of amides is 1. The molecule has 1 heterocycles. The summed E-state index contributed by atoms with van der Waals surface area (Å²) in [5, 5.41) is 0. The number of anilines is 1. The SMILES string of the molecule is COc1cccc(NS(=O)(=O)CC(C)C(=O)N2CCc3ccccc3C2)c1. The summed E-state index contributed by atoms with van der Waals surface area (Å²) < 4.78 is 32.6. The van der Waals surface area contributed by atoms with E-state index in [4.69, 9.17) is 4.74 Å². The van der Waals surface area contributed by atoms with Crippen LogP contribution < -0.4 is 9.46 Å². The average molecular weight is 388 g/mol. The molecular formula is C20H24N2O4S. The summed E-state index contributed by atoms with van der Waals surface area (Å²) in [5.74, 6) is -0.466. The van der Waals surface area contributed by atoms with Crippen molar-refractivity contribution in [1.82, 2.24) is 4.90 Å². The first kappa shape index (κ1) is 19.2. The molecule has 0 saturated heterocycles. The molecule has 0 saturated carbocycles. The highest BCUT2D eigenvalue weighted by molar-refractivity contribution is 7.92. The highest BCUT2D eigenvalue weighted by Gasteiger charge is 2.28. The predicted molar refractivity (Wildman–Crippen MR) is 105 cm³/mol. The monoisotopic (exact) mass is 388 g/mol. The van der Waals surface area contributed by atoms with Crippen LogP contribution in [0, 0.1) is 5.92 Å². The van der Waals surface area contributed by atoms with Crippen molar-refractivity contribution < 1.29 is 17.9 Å². The number of fused-ring (bicyclic) bond motifs is 1. The molecule has 1 N–H and O–H groups in total. The number of methoxy groups -OCH3 is 1. The minimum atomic E-state index is -3.66. The Hall–Kier alpha value is -2.54. The number of rotatable bonds is 6. The van der Waals surface area contributed by atoms with Crippen LogP contribution in [0.2, 0.25) is 0 Å². The molecule has 0 radical (unpaired) electrons. The molecule has 0 fully saturated rings. The molecule has 2 aromatic carbocycles. The molecule has 0 spiro atoms. The van der Waals surface area contributed by atoms with Crippen LogP contribution in [0.3, 0.4) is 0 Å². The summed E-state index contributed by atoms with van der Waals surface area (Å²) in [7, 11) is -2.14. The van der Waals surface area contributed by atoms with Crippen molar-refractivity contribution >= 4 is 21.6 Å². The van der Waals surface area contributed by atoms with E-state index in [1.54, 1.807) is 36.1 Å². The van der Waals surface area contributed by atoms with Crippen LogP contribution in [0.4, 0.5) is 5.69 Å². The van der Waals surface area contributed by atoms with Crippen molar-refractivity contribution in [2.45, 2.75) is 19.9 Å². The number of nitrogens with zero attached hydrogens (tertiary/aromatic N) is 1. The number of nitrogens with one attached hydrogen (secondary N) is 1. The van der Waals surface area contributed by atoms with Gasteiger partial charge in [-0.25, -0.2) is 8.42 Å². The molecule has 1 aliphatic heterocycles. The van der Waals surface area contributed by atoms with E-state index < -0.39 is 15.9 Å². The van der Waals surface area contributed by atoms with Crippen LogP contribution in [0.1, 0.15) is 18.1 Å². The number of carbonyl (C=O) groups is 1. The zero-order valence-corrected chi connectivity index (χ0v) is 16.3. The third kappa shape index (κ3) is 4.80. The second-order valence-corrected chi connectivity index (χ2v) is 8.56. The maximum absolute atomic E-state index is 12.8. The summed E-state index contributed by atoms with van der Waals surface area (Å²) in [6.45, 7) is 2.81. The summed E-state index contributed by atoms with van der Waals surface area (Å²) in [5.41, 5.74) is 2.80. The molecule has 144 valence electrons. The lowest BCUT2D eigenvalue weighted by Gasteiger charge is -2.31. The number of benzene rings is 2. The molecule has 1 unspecified atom stereocenters. The van der Waals surface area contributed by atoms with E-state index in [-0.39, 0.29) is 11.7 Å². The first-order valence-electron chi connectivity index (χ1n) is 8.88. The average Bonchev–Trinajstić information content (AvgIpc) is 2.66. The molecule has 1 aliphatic rings. The summed E-state index contributed by atoms with van der Waals surface area (Å²) in [4.78, 5) is 14.5. The molecule has 7 heteroatoms. The molecule has 6 nitrogen and oxygen atoms in total. The Labute approximate surface area is 160 Å². The quantitative estimate of drug-likeness (QED) is 0.825. The lowest BCUT2D eigenvalue weighted by atomic mass is 9.99. The molecular weight excluding hydrogens is 364 g/mol. The second kappa shape index (κ2) is 8.00. The molecule has 1 atom stereocenters. The zero-order valence-electron chi connectivity index (χ0n) is 15.5. The molecule has 27 heavy (non-hydrogen) atoms. The van der Waals surface area contributed by atoms with E-state index in [0.717, 1.165) is 12.0 Å². The van der Waals surface area contributed by atoms with Gasteiger partial charge in [-0.2, -0.15) is 0 Å². The lowest BCUT2D eigenvalue weighted by Crippen LogP contribution is -2.41. The van der Waals surface area contributed by atoms with E-state index >= 15 is 0 Å². The van der Waals surface area contributed by atoms with Crippen molar-refractivity contribution in [3.05, 3.63) is 59.7 Å². The topological polar surface area (TPSA) is 75.7 Å². The molecule has 0 aliphatic carbocycles. The smallest absolute Gasteiger partial charge is 0.233 e. The van der Waals surface area contributed by atoms with Gasteiger partial charge in [-0.1, -0.05) is 37.3 Å². The minimum absolute atomic E-state index is 0.138. The number of hydrogen-bond acceptors (Lipinski definition) is 4. The van der Waals surface area contributed by atoms with Gasteiger partial charge in [0, 0.05) is 19.2 Å². The maximum Gasteiger partial charge on any atom is 0.233 e. The predicted octanol–water partition coefficient (Wildman–Crippen LogP) is 2.66. The Morgan fingerprint density at radius 2 is 1.93 bits per heavy atom. The Morgan fingerprint density at radius 3 is 2.67 bits per heavy atom. The van der Waals surface area contributed by atoms with Gasteiger partial charge < -0.3 is 9.64 Å². The van der Waals surface area contributed by atoms with Crippen LogP contribution >= 0.6 is 0 Å². The third-order valence-electron chi connectivity index (χ3n) is 4.68. The Morgan fingerprint density at radius 1 is 1.19 bits per heavy atom. The van der Waals surface area contributed by atoms with E-state index in [0.29, 0.717) is 24.5 Å². The third-order valence-corrected chi connectivity index (χ3v) is 6.16. The van der Waals surface area contributed by atoms with Crippen molar-refractivity contribution in [2.75, 3.05) is 24.1 Å². The van der Waals surface area contributed by atoms with Crippen LogP contribution in [0.25, 0.3) is 0 Å². The molecule has 3 rings (SSSR count). The van der Waals surface area contributed by atoms with Crippen molar-refractivity contribution in [1.29, 1.82) is 0 Å². The molecule has 1 amide bonds. The molecule has 2 aromatic rings. The molecule has 0 bridgehead atoms. The van der Waals surface area contributed by atoms with Crippen LogP contribution in [0.15, 0.2) is 48.5 Å². The van der Waals surface area contributed by atoms with E-state index in [9.17, 15) is 13.2 Å². The fourth-order valence-electron chi connectivity index (χ4n) is 3.30. The fraction of sp³-hybridized carbons (Fsp3) is 0.350. The van der Waals surface area contributed by atoms with Gasteiger partial charge >= 0.3 is 0 Å². The van der Waals surface area contributed by atoms with Crippen LogP contribution in [-0.4, -0.2) is 38.6 Å². The summed E-state index contributed by atoms with van der Waals surface area (Å²) in [6, 6.07) is 14.7. The second-order valence-electron chi connectivity index (χ2n) is 6.79. The summed E-state index contributed by atoms with van der Waals surface area (Å²) >= 11 is 0. The standard InChI is InChI=1S/C20H24N2O4S/c1-15(14-27(24,25)21-18-8-5-9-19(12-18)26-2)20(23)22-11-10-16-6-3-4-7-17(16)13-22/h3-9,12,15,21H,10-11,13-14H2,1-2H3. The van der Waals surface area contributed by atoms with Crippen LogP contribution in [0.5, 0.6) is 5.75 Å². The van der Waals surface area contributed by atoms with Crippen LogP contribution in [-0.2, 0) is 27.8 Å². The Kier molecular flexibility index (Phi) is 5.70. The molecule has 0 aromatic heterocycles. The maximum atomic E-state index is 12.8. The van der Waals surface area contributed by atoms with E-state index in [2.05, 4.69) is 10.8 Å². The first-order chi connectivity index (χ1) is 12.9. The van der Waals surface area contributed by atoms with Gasteiger partial charge in [0.15, 0.2) is 0 Å². The minimum Gasteiger partial charge on any atom is -0.497 e. The normalized spacial score (nSPS) is 15.0. The van der Waals surface area contributed by atoms with Gasteiger partial charge in [0.05, 0.1) is 24.5 Å².